The number of fused-ring (bicyclic) bond motifs is 1. The van der Waals surface area contributed by atoms with Gasteiger partial charge in [0.05, 0.1) is 0 Å². The maximum absolute atomic E-state index is 5.75. The average molecular weight is 215 g/mol. The highest BCUT2D eigenvalue weighted by atomic mass is 14.9. The minimum Gasteiger partial charge on any atom is -0.383 e. The summed E-state index contributed by atoms with van der Waals surface area (Å²) in [6.45, 7) is 1.20. The minimum absolute atomic E-state index is 0.00599. The van der Waals surface area contributed by atoms with E-state index >= 15 is 0 Å². The molecule has 2 rings (SSSR count). The number of nitrogens with one attached hydrogen (secondary N) is 1. The van der Waals surface area contributed by atoms with Gasteiger partial charge >= 0.3 is 0 Å². The zero-order valence-electron chi connectivity index (χ0n) is 9.19. The van der Waals surface area contributed by atoms with Crippen molar-refractivity contribution in [2.24, 2.45) is 11.5 Å². The van der Waals surface area contributed by atoms with Gasteiger partial charge in [-0.2, -0.15) is 0 Å². The predicted octanol–water partition coefficient (Wildman–Crippen LogP) is 1.54. The molecule has 5 N–H and O–H groups in total. The summed E-state index contributed by atoms with van der Waals surface area (Å²) >= 11 is 0. The van der Waals surface area contributed by atoms with Crippen LogP contribution in [0.1, 0.15) is 0 Å². The smallest absolute Gasteiger partial charge is 0.0347 e. The van der Waals surface area contributed by atoms with Gasteiger partial charge in [-0.1, -0.05) is 30.3 Å². The second kappa shape index (κ2) is 4.96. The molecule has 0 heterocycles. The molecule has 3 heteroatoms. The topological polar surface area (TPSA) is 64.1 Å². The quantitative estimate of drug-likeness (QED) is 0.725. The van der Waals surface area contributed by atoms with Crippen LogP contribution in [0.4, 0.5) is 5.69 Å². The van der Waals surface area contributed by atoms with E-state index in [0.29, 0.717) is 13.1 Å². The number of hydrogen-bond acceptors (Lipinski definition) is 3. The number of rotatable bonds is 4. The van der Waals surface area contributed by atoms with Crippen LogP contribution in [0, 0.1) is 0 Å². The van der Waals surface area contributed by atoms with Crippen LogP contribution < -0.4 is 16.8 Å². The molecule has 0 saturated heterocycles. The molecule has 0 fully saturated rings. The zero-order chi connectivity index (χ0) is 11.4. The lowest BCUT2D eigenvalue weighted by Gasteiger charge is -2.11. The van der Waals surface area contributed by atoms with Gasteiger partial charge in [-0.25, -0.2) is 0 Å². The Kier molecular flexibility index (Phi) is 3.39. The molecule has 0 radical (unpaired) electrons. The van der Waals surface area contributed by atoms with Crippen LogP contribution in [0.2, 0.25) is 0 Å². The minimum atomic E-state index is 0.00599. The lowest BCUT2D eigenvalue weighted by atomic mass is 10.1. The standard InChI is InChI=1S/C13H17N3/c14-8-12(15)9-16-13-6-5-10-3-1-2-4-11(10)7-13/h1-7,12,16H,8-9,14-15H2. The van der Waals surface area contributed by atoms with Crippen molar-refractivity contribution in [2.75, 3.05) is 18.4 Å². The summed E-state index contributed by atoms with van der Waals surface area (Å²) in [7, 11) is 0. The molecule has 0 amide bonds. The van der Waals surface area contributed by atoms with Crippen molar-refractivity contribution in [2.45, 2.75) is 6.04 Å². The third-order valence-corrected chi connectivity index (χ3v) is 2.62. The van der Waals surface area contributed by atoms with Crippen LogP contribution in [-0.4, -0.2) is 19.1 Å². The molecule has 0 aliphatic heterocycles. The van der Waals surface area contributed by atoms with E-state index in [9.17, 15) is 0 Å². The van der Waals surface area contributed by atoms with Gasteiger partial charge in [-0.05, 0) is 22.9 Å². The second-order valence-electron chi connectivity index (χ2n) is 3.94. The van der Waals surface area contributed by atoms with Crippen molar-refractivity contribution in [1.82, 2.24) is 0 Å². The van der Waals surface area contributed by atoms with E-state index in [1.165, 1.54) is 10.8 Å². The van der Waals surface area contributed by atoms with E-state index in [1.54, 1.807) is 0 Å². The maximum atomic E-state index is 5.75. The Labute approximate surface area is 95.4 Å². The van der Waals surface area contributed by atoms with Gasteiger partial charge in [0.15, 0.2) is 0 Å². The fourth-order valence-corrected chi connectivity index (χ4v) is 1.63. The summed E-state index contributed by atoms with van der Waals surface area (Å²) in [6, 6.07) is 14.6. The summed E-state index contributed by atoms with van der Waals surface area (Å²) in [5.74, 6) is 0. The molecule has 0 spiro atoms. The molecule has 0 saturated carbocycles. The lowest BCUT2D eigenvalue weighted by Crippen LogP contribution is -2.36. The van der Waals surface area contributed by atoms with Gasteiger partial charge in [0.25, 0.3) is 0 Å². The third-order valence-electron chi connectivity index (χ3n) is 2.62. The fraction of sp³-hybridized carbons (Fsp3) is 0.231. The zero-order valence-corrected chi connectivity index (χ0v) is 9.19. The van der Waals surface area contributed by atoms with Crippen molar-refractivity contribution in [3.05, 3.63) is 42.5 Å². The van der Waals surface area contributed by atoms with Crippen molar-refractivity contribution in [3.63, 3.8) is 0 Å². The van der Waals surface area contributed by atoms with Gasteiger partial charge in [-0.15, -0.1) is 0 Å². The Morgan fingerprint density at radius 3 is 2.56 bits per heavy atom. The van der Waals surface area contributed by atoms with Crippen LogP contribution >= 0.6 is 0 Å². The molecule has 16 heavy (non-hydrogen) atoms. The molecule has 0 aliphatic rings. The molecule has 1 atom stereocenters. The molecule has 84 valence electrons. The summed E-state index contributed by atoms with van der Waals surface area (Å²) in [4.78, 5) is 0. The molecular weight excluding hydrogens is 198 g/mol. The Morgan fingerprint density at radius 2 is 1.81 bits per heavy atom. The normalized spacial score (nSPS) is 12.6. The molecule has 1 unspecified atom stereocenters. The molecule has 0 aliphatic carbocycles. The molecule has 0 aromatic heterocycles. The number of hydrogen-bond donors (Lipinski definition) is 3. The maximum Gasteiger partial charge on any atom is 0.0347 e. The Hall–Kier alpha value is -1.58. The summed E-state index contributed by atoms with van der Waals surface area (Å²) in [5, 5.41) is 5.76. The van der Waals surface area contributed by atoms with Crippen molar-refractivity contribution in [1.29, 1.82) is 0 Å². The lowest BCUT2D eigenvalue weighted by molar-refractivity contribution is 0.713. The van der Waals surface area contributed by atoms with E-state index in [1.807, 2.05) is 12.1 Å². The van der Waals surface area contributed by atoms with Gasteiger partial charge in [0, 0.05) is 24.8 Å². The molecule has 0 bridgehead atoms. The first kappa shape index (κ1) is 10.9. The van der Waals surface area contributed by atoms with E-state index < -0.39 is 0 Å². The van der Waals surface area contributed by atoms with Crippen molar-refractivity contribution < 1.29 is 0 Å². The monoisotopic (exact) mass is 215 g/mol. The molecule has 2 aromatic rings. The van der Waals surface area contributed by atoms with E-state index in [0.717, 1.165) is 5.69 Å². The van der Waals surface area contributed by atoms with Crippen LogP contribution in [0.3, 0.4) is 0 Å². The Morgan fingerprint density at radius 1 is 1.06 bits per heavy atom. The van der Waals surface area contributed by atoms with Gasteiger partial charge in [0.1, 0.15) is 0 Å². The summed E-state index contributed by atoms with van der Waals surface area (Å²) in [5.41, 5.74) is 12.3. The van der Waals surface area contributed by atoms with Gasteiger partial charge in [-0.3, -0.25) is 0 Å². The highest BCUT2D eigenvalue weighted by molar-refractivity contribution is 5.85. The van der Waals surface area contributed by atoms with Gasteiger partial charge < -0.3 is 16.8 Å². The van der Waals surface area contributed by atoms with E-state index in [2.05, 4.69) is 35.6 Å². The van der Waals surface area contributed by atoms with Crippen LogP contribution in [0.25, 0.3) is 10.8 Å². The average Bonchev–Trinajstić information content (AvgIpc) is 2.35. The van der Waals surface area contributed by atoms with E-state index in [-0.39, 0.29) is 6.04 Å². The predicted molar refractivity (Wildman–Crippen MR) is 69.5 cm³/mol. The van der Waals surface area contributed by atoms with Crippen molar-refractivity contribution >= 4 is 16.5 Å². The highest BCUT2D eigenvalue weighted by Gasteiger charge is 1.99. The molecule has 2 aromatic carbocycles. The fourth-order valence-electron chi connectivity index (χ4n) is 1.63. The van der Waals surface area contributed by atoms with Crippen LogP contribution in [0.15, 0.2) is 42.5 Å². The number of benzene rings is 2. The second-order valence-corrected chi connectivity index (χ2v) is 3.94. The van der Waals surface area contributed by atoms with Crippen LogP contribution in [0.5, 0.6) is 0 Å². The van der Waals surface area contributed by atoms with Crippen molar-refractivity contribution in [3.8, 4) is 0 Å². The highest BCUT2D eigenvalue weighted by Crippen LogP contribution is 2.18. The SMILES string of the molecule is NCC(N)CNc1ccc2ccccc2c1. The Bertz CT molecular complexity index is 467. The van der Waals surface area contributed by atoms with Crippen LogP contribution in [-0.2, 0) is 0 Å². The van der Waals surface area contributed by atoms with Gasteiger partial charge in [0.2, 0.25) is 0 Å². The molecular formula is C13H17N3. The first-order chi connectivity index (χ1) is 7.79. The van der Waals surface area contributed by atoms with E-state index in [4.69, 9.17) is 11.5 Å². The summed E-state index contributed by atoms with van der Waals surface area (Å²) in [6.07, 6.45) is 0. The Balaban J connectivity index is 2.13. The number of nitrogens with two attached hydrogens (primary N) is 2. The first-order valence-electron chi connectivity index (χ1n) is 5.48. The molecule has 3 nitrogen and oxygen atoms in total. The number of anilines is 1. The third kappa shape index (κ3) is 2.51. The largest absolute Gasteiger partial charge is 0.383 e. The summed E-state index contributed by atoms with van der Waals surface area (Å²) < 4.78 is 0. The first-order valence-corrected chi connectivity index (χ1v) is 5.48.